The monoisotopic (exact) mass is 661 g/mol. The largest absolute Gasteiger partial charge is 0.464 e. The smallest absolute Gasteiger partial charge is 0.416 e. The van der Waals surface area contributed by atoms with Crippen LogP contribution in [0.2, 0.25) is 5.02 Å². The fraction of sp³-hybridized carbons (Fsp3) is 0.393. The van der Waals surface area contributed by atoms with E-state index in [2.05, 4.69) is 15.7 Å². The van der Waals surface area contributed by atoms with E-state index in [4.69, 9.17) is 16.3 Å². The van der Waals surface area contributed by atoms with Gasteiger partial charge in [-0.25, -0.2) is 14.3 Å². The van der Waals surface area contributed by atoms with Crippen molar-refractivity contribution in [2.75, 3.05) is 6.61 Å². The molecule has 1 atom stereocenters. The van der Waals surface area contributed by atoms with Gasteiger partial charge < -0.3 is 15.4 Å². The molecule has 45 heavy (non-hydrogen) atoms. The average molecular weight is 662 g/mol. The number of amides is 2. The van der Waals surface area contributed by atoms with Crippen molar-refractivity contribution >= 4 is 29.4 Å². The maximum absolute atomic E-state index is 13.5. The molecule has 0 bridgehead atoms. The summed E-state index contributed by atoms with van der Waals surface area (Å²) in [7, 11) is 0. The minimum atomic E-state index is -4.79. The number of alkyl halides is 6. The van der Waals surface area contributed by atoms with E-state index in [1.807, 2.05) is 0 Å². The van der Waals surface area contributed by atoms with Gasteiger partial charge in [0.2, 0.25) is 11.8 Å². The second kappa shape index (κ2) is 12.9. The number of benzene rings is 2. The molecule has 0 aliphatic heterocycles. The van der Waals surface area contributed by atoms with Crippen LogP contribution >= 0.6 is 11.6 Å². The molecule has 0 radical (unpaired) electrons. The Morgan fingerprint density at radius 2 is 1.73 bits per heavy atom. The molecule has 1 aliphatic carbocycles. The number of hydrogen-bond donors (Lipinski definition) is 2. The summed E-state index contributed by atoms with van der Waals surface area (Å²) in [6.07, 6.45) is -10.4. The van der Waals surface area contributed by atoms with Crippen LogP contribution in [-0.4, -0.2) is 50.5 Å². The summed E-state index contributed by atoms with van der Waals surface area (Å²) in [5.74, 6) is -3.07. The standard InChI is InChI=1S/C28H26ClF6N5O5/c1-2-45-24(43)26(10-11-26)37-23(42)21(17-4-3-5-18(14-17)28(33,34)35)36-20(41)15-40-25(44)39(13-12-27(30,31)32)22(38-40)16-6-8-19(29)9-7-16/h3-9,14,21H,2,10-13,15H2,1H3,(H,36,41)(H,37,42). The molecule has 17 heteroatoms. The minimum absolute atomic E-state index is 0.00657. The second-order valence-corrected chi connectivity index (χ2v) is 10.6. The number of nitrogens with zero attached hydrogens (tertiary/aromatic N) is 3. The van der Waals surface area contributed by atoms with Gasteiger partial charge in [0.25, 0.3) is 0 Å². The van der Waals surface area contributed by atoms with Crippen LogP contribution in [0.3, 0.4) is 0 Å². The number of halogens is 7. The average Bonchev–Trinajstić information content (AvgIpc) is 3.68. The Balaban J connectivity index is 1.65. The summed E-state index contributed by atoms with van der Waals surface area (Å²) in [5.41, 5.74) is -3.70. The van der Waals surface area contributed by atoms with Crippen molar-refractivity contribution < 1.29 is 45.5 Å². The van der Waals surface area contributed by atoms with E-state index in [9.17, 15) is 45.5 Å². The fourth-order valence-corrected chi connectivity index (χ4v) is 4.54. The highest BCUT2D eigenvalue weighted by molar-refractivity contribution is 6.30. The molecule has 2 N–H and O–H groups in total. The van der Waals surface area contributed by atoms with Gasteiger partial charge >= 0.3 is 24.0 Å². The maximum atomic E-state index is 13.5. The number of hydrogen-bond acceptors (Lipinski definition) is 6. The Labute approximate surface area is 256 Å². The summed E-state index contributed by atoms with van der Waals surface area (Å²) in [6, 6.07) is 7.45. The molecule has 2 aromatic carbocycles. The first-order chi connectivity index (χ1) is 21.0. The number of ether oxygens (including phenoxy) is 1. The van der Waals surface area contributed by atoms with Crippen LogP contribution in [0.4, 0.5) is 26.3 Å². The van der Waals surface area contributed by atoms with Crippen molar-refractivity contribution in [1.29, 1.82) is 0 Å². The van der Waals surface area contributed by atoms with E-state index in [1.54, 1.807) is 6.92 Å². The molecular weight excluding hydrogens is 636 g/mol. The van der Waals surface area contributed by atoms with E-state index in [-0.39, 0.29) is 36.4 Å². The molecular formula is C28H26ClF6N5O5. The number of carbonyl (C=O) groups is 3. The number of aromatic nitrogens is 3. The summed E-state index contributed by atoms with van der Waals surface area (Å²) in [4.78, 5) is 52.0. The van der Waals surface area contributed by atoms with Crippen LogP contribution in [0.5, 0.6) is 0 Å². The highest BCUT2D eigenvalue weighted by Gasteiger charge is 2.53. The lowest BCUT2D eigenvalue weighted by atomic mass is 10.0. The van der Waals surface area contributed by atoms with Crippen molar-refractivity contribution in [1.82, 2.24) is 25.0 Å². The zero-order valence-electron chi connectivity index (χ0n) is 23.5. The topological polar surface area (TPSA) is 124 Å². The molecule has 1 saturated carbocycles. The van der Waals surface area contributed by atoms with E-state index >= 15 is 0 Å². The lowest BCUT2D eigenvalue weighted by Crippen LogP contribution is -2.50. The van der Waals surface area contributed by atoms with Gasteiger partial charge in [-0.15, -0.1) is 5.10 Å². The maximum Gasteiger partial charge on any atom is 0.416 e. The van der Waals surface area contributed by atoms with Crippen LogP contribution in [0.1, 0.15) is 43.4 Å². The third-order valence-corrected chi connectivity index (χ3v) is 7.08. The first-order valence-electron chi connectivity index (χ1n) is 13.5. The minimum Gasteiger partial charge on any atom is -0.464 e. The molecule has 10 nitrogen and oxygen atoms in total. The summed E-state index contributed by atoms with van der Waals surface area (Å²) >= 11 is 5.88. The van der Waals surface area contributed by atoms with Gasteiger partial charge in [0.1, 0.15) is 18.1 Å². The number of rotatable bonds is 11. The van der Waals surface area contributed by atoms with Crippen molar-refractivity contribution in [2.45, 2.75) is 63.2 Å². The van der Waals surface area contributed by atoms with Crippen molar-refractivity contribution in [2.24, 2.45) is 0 Å². The quantitative estimate of drug-likeness (QED) is 0.232. The molecule has 2 amide bonds. The fourth-order valence-electron chi connectivity index (χ4n) is 4.42. The van der Waals surface area contributed by atoms with Crippen LogP contribution in [0, 0.1) is 0 Å². The Bertz CT molecular complexity index is 1630. The van der Waals surface area contributed by atoms with Gasteiger partial charge in [-0.05, 0) is 61.7 Å². The van der Waals surface area contributed by atoms with E-state index in [0.29, 0.717) is 15.8 Å². The first kappa shape index (κ1) is 33.6. The summed E-state index contributed by atoms with van der Waals surface area (Å²) in [6.45, 7) is -0.184. The Kier molecular flexibility index (Phi) is 9.65. The van der Waals surface area contributed by atoms with Crippen LogP contribution in [0.25, 0.3) is 11.4 Å². The predicted molar refractivity (Wildman–Crippen MR) is 147 cm³/mol. The van der Waals surface area contributed by atoms with E-state index in [0.717, 1.165) is 22.8 Å². The molecule has 1 unspecified atom stereocenters. The third kappa shape index (κ3) is 8.23. The zero-order valence-corrected chi connectivity index (χ0v) is 24.2. The van der Waals surface area contributed by atoms with Crippen LogP contribution in [0.15, 0.2) is 53.3 Å². The molecule has 1 fully saturated rings. The number of nitrogens with one attached hydrogen (secondary N) is 2. The third-order valence-electron chi connectivity index (χ3n) is 6.83. The molecule has 0 saturated heterocycles. The predicted octanol–water partition coefficient (Wildman–Crippen LogP) is 4.41. The summed E-state index contributed by atoms with van der Waals surface area (Å²) < 4.78 is 85.7. The van der Waals surface area contributed by atoms with Gasteiger partial charge in [0.15, 0.2) is 5.82 Å². The van der Waals surface area contributed by atoms with Crippen LogP contribution in [-0.2, 0) is 38.4 Å². The van der Waals surface area contributed by atoms with Gasteiger partial charge in [0, 0.05) is 17.1 Å². The lowest BCUT2D eigenvalue weighted by Gasteiger charge is -2.23. The molecule has 1 aliphatic rings. The van der Waals surface area contributed by atoms with E-state index < -0.39 is 72.5 Å². The van der Waals surface area contributed by atoms with Gasteiger partial charge in [-0.2, -0.15) is 26.3 Å². The molecule has 3 aromatic rings. The first-order valence-corrected chi connectivity index (χ1v) is 13.9. The molecule has 242 valence electrons. The number of esters is 1. The molecule has 4 rings (SSSR count). The molecule has 1 heterocycles. The Hall–Kier alpha value is -4.34. The van der Waals surface area contributed by atoms with Crippen molar-refractivity contribution in [3.8, 4) is 11.4 Å². The molecule has 1 aromatic heterocycles. The highest BCUT2D eigenvalue weighted by Crippen LogP contribution is 2.38. The Morgan fingerprint density at radius 3 is 2.31 bits per heavy atom. The Morgan fingerprint density at radius 1 is 1.07 bits per heavy atom. The van der Waals surface area contributed by atoms with Gasteiger partial charge in [0.05, 0.1) is 18.6 Å². The zero-order chi connectivity index (χ0) is 33.2. The normalized spacial score (nSPS) is 14.8. The highest BCUT2D eigenvalue weighted by atomic mass is 35.5. The van der Waals surface area contributed by atoms with Gasteiger partial charge in [-0.3, -0.25) is 14.2 Å². The SMILES string of the molecule is CCOC(=O)C1(NC(=O)C(NC(=O)Cn2nc(-c3ccc(Cl)cc3)n(CCC(F)(F)F)c2=O)c2cccc(C(F)(F)F)c2)CC1. The van der Waals surface area contributed by atoms with Crippen molar-refractivity contribution in [3.05, 3.63) is 75.2 Å². The van der Waals surface area contributed by atoms with Crippen molar-refractivity contribution in [3.63, 3.8) is 0 Å². The van der Waals surface area contributed by atoms with Crippen LogP contribution < -0.4 is 16.3 Å². The lowest BCUT2D eigenvalue weighted by molar-refractivity contribution is -0.149. The number of carbonyl (C=O) groups excluding carboxylic acids is 3. The molecule has 0 spiro atoms. The van der Waals surface area contributed by atoms with E-state index in [1.165, 1.54) is 24.3 Å². The second-order valence-electron chi connectivity index (χ2n) is 10.2. The van der Waals surface area contributed by atoms with Gasteiger partial charge in [-0.1, -0.05) is 23.7 Å². The summed E-state index contributed by atoms with van der Waals surface area (Å²) in [5, 5.41) is 9.03.